The zero-order valence-electron chi connectivity index (χ0n) is 13.6. The van der Waals surface area contributed by atoms with E-state index in [-0.39, 0.29) is 23.6 Å². The molecule has 116 valence electrons. The van der Waals surface area contributed by atoms with Crippen molar-refractivity contribution in [2.75, 3.05) is 0 Å². The number of rotatable bonds is 3. The quantitative estimate of drug-likeness (QED) is 0.899. The molecule has 3 N–H and O–H groups in total. The summed E-state index contributed by atoms with van der Waals surface area (Å²) in [5.74, 6) is 1.18. The summed E-state index contributed by atoms with van der Waals surface area (Å²) in [5.41, 5.74) is 8.06. The average molecular weight is 290 g/mol. The maximum atomic E-state index is 11.5. The van der Waals surface area contributed by atoms with E-state index in [1.165, 1.54) is 0 Å². The molecule has 1 aliphatic rings. The average Bonchev–Trinajstić information content (AvgIpc) is 2.35. The number of hydrogen-bond acceptors (Lipinski definition) is 3. The third-order valence-corrected chi connectivity index (χ3v) is 3.97. The van der Waals surface area contributed by atoms with Gasteiger partial charge in [0.15, 0.2) is 0 Å². The van der Waals surface area contributed by atoms with E-state index in [4.69, 9.17) is 10.5 Å². The molecule has 2 unspecified atom stereocenters. The molecule has 1 aliphatic heterocycles. The molecular weight excluding hydrogens is 264 g/mol. The van der Waals surface area contributed by atoms with Gasteiger partial charge in [-0.1, -0.05) is 19.9 Å². The third-order valence-electron chi connectivity index (χ3n) is 3.97. The predicted molar refractivity (Wildman–Crippen MR) is 84.1 cm³/mol. The van der Waals surface area contributed by atoms with Crippen molar-refractivity contribution in [3.05, 3.63) is 29.3 Å². The summed E-state index contributed by atoms with van der Waals surface area (Å²) in [7, 11) is 0. The molecule has 1 heterocycles. The van der Waals surface area contributed by atoms with Gasteiger partial charge in [-0.2, -0.15) is 0 Å². The summed E-state index contributed by atoms with van der Waals surface area (Å²) in [6.45, 7) is 9.84. The number of hydrogen-bond donors (Lipinski definition) is 2. The smallest absolute Gasteiger partial charge is 0.217 e. The van der Waals surface area contributed by atoms with E-state index in [9.17, 15) is 4.79 Å². The first-order valence-corrected chi connectivity index (χ1v) is 7.55. The van der Waals surface area contributed by atoms with Crippen LogP contribution >= 0.6 is 0 Å². The lowest BCUT2D eigenvalue weighted by atomic mass is 9.87. The molecule has 0 saturated heterocycles. The summed E-state index contributed by atoms with van der Waals surface area (Å²) < 4.78 is 6.03. The topological polar surface area (TPSA) is 64.3 Å². The Balaban J connectivity index is 2.41. The van der Waals surface area contributed by atoms with E-state index in [0.717, 1.165) is 23.3 Å². The minimum absolute atomic E-state index is 0.0109. The number of amides is 1. The highest BCUT2D eigenvalue weighted by molar-refractivity contribution is 5.73. The Bertz CT molecular complexity index is 538. The number of benzene rings is 1. The van der Waals surface area contributed by atoms with Crippen molar-refractivity contribution < 1.29 is 9.53 Å². The number of carbonyl (C=O) groups is 1. The van der Waals surface area contributed by atoms with Crippen LogP contribution in [0.1, 0.15) is 64.3 Å². The van der Waals surface area contributed by atoms with E-state index in [1.807, 2.05) is 26.0 Å². The summed E-state index contributed by atoms with van der Waals surface area (Å²) in [6, 6.07) is 6.04. The molecule has 0 fully saturated rings. The SMILES string of the molecule is CC(=O)NC1CC(C)(C)Oc2ccc(C(N)C(C)C)cc21. The molecule has 0 aromatic heterocycles. The number of nitrogens with one attached hydrogen (secondary N) is 1. The van der Waals surface area contributed by atoms with E-state index in [0.29, 0.717) is 5.92 Å². The molecule has 1 aromatic carbocycles. The highest BCUT2D eigenvalue weighted by atomic mass is 16.5. The van der Waals surface area contributed by atoms with Gasteiger partial charge < -0.3 is 15.8 Å². The molecule has 2 atom stereocenters. The van der Waals surface area contributed by atoms with Crippen LogP contribution in [0.2, 0.25) is 0 Å². The van der Waals surface area contributed by atoms with E-state index in [1.54, 1.807) is 6.92 Å². The Kier molecular flexibility index (Phi) is 4.28. The van der Waals surface area contributed by atoms with Crippen molar-refractivity contribution in [2.24, 2.45) is 11.7 Å². The van der Waals surface area contributed by atoms with Crippen molar-refractivity contribution in [1.82, 2.24) is 5.32 Å². The number of fused-ring (bicyclic) bond motifs is 1. The summed E-state index contributed by atoms with van der Waals surface area (Å²) in [6.07, 6.45) is 0.750. The lowest BCUT2D eigenvalue weighted by molar-refractivity contribution is -0.120. The maximum Gasteiger partial charge on any atom is 0.217 e. The summed E-state index contributed by atoms with van der Waals surface area (Å²) >= 11 is 0. The highest BCUT2D eigenvalue weighted by Crippen LogP contribution is 2.40. The molecule has 0 spiro atoms. The van der Waals surface area contributed by atoms with Crippen molar-refractivity contribution in [3.8, 4) is 5.75 Å². The van der Waals surface area contributed by atoms with Gasteiger partial charge in [-0.05, 0) is 37.5 Å². The fraction of sp³-hybridized carbons (Fsp3) is 0.588. The molecule has 2 rings (SSSR count). The van der Waals surface area contributed by atoms with Crippen LogP contribution in [-0.2, 0) is 4.79 Å². The first kappa shape index (κ1) is 15.8. The van der Waals surface area contributed by atoms with Crippen molar-refractivity contribution in [3.63, 3.8) is 0 Å². The van der Waals surface area contributed by atoms with Crippen LogP contribution in [0.4, 0.5) is 0 Å². The molecule has 0 radical (unpaired) electrons. The van der Waals surface area contributed by atoms with E-state index in [2.05, 4.69) is 25.2 Å². The monoisotopic (exact) mass is 290 g/mol. The zero-order chi connectivity index (χ0) is 15.8. The van der Waals surface area contributed by atoms with Gasteiger partial charge in [-0.3, -0.25) is 4.79 Å². The van der Waals surface area contributed by atoms with E-state index >= 15 is 0 Å². The number of carbonyl (C=O) groups excluding carboxylic acids is 1. The Morgan fingerprint density at radius 1 is 1.43 bits per heavy atom. The van der Waals surface area contributed by atoms with Crippen LogP contribution in [0, 0.1) is 5.92 Å². The van der Waals surface area contributed by atoms with Gasteiger partial charge >= 0.3 is 0 Å². The zero-order valence-corrected chi connectivity index (χ0v) is 13.6. The van der Waals surface area contributed by atoms with Crippen LogP contribution in [0.25, 0.3) is 0 Å². The first-order valence-electron chi connectivity index (χ1n) is 7.55. The van der Waals surface area contributed by atoms with Gasteiger partial charge in [0.25, 0.3) is 0 Å². The maximum absolute atomic E-state index is 11.5. The molecule has 0 saturated carbocycles. The van der Waals surface area contributed by atoms with Crippen molar-refractivity contribution in [2.45, 2.75) is 58.7 Å². The van der Waals surface area contributed by atoms with Crippen LogP contribution in [0.5, 0.6) is 5.75 Å². The minimum atomic E-state index is -0.290. The number of ether oxygens (including phenoxy) is 1. The molecule has 21 heavy (non-hydrogen) atoms. The second-order valence-electron chi connectivity index (χ2n) is 6.89. The Labute approximate surface area is 127 Å². The molecule has 0 bridgehead atoms. The van der Waals surface area contributed by atoms with Crippen LogP contribution in [0.15, 0.2) is 18.2 Å². The van der Waals surface area contributed by atoms with Gasteiger partial charge in [0.1, 0.15) is 11.4 Å². The van der Waals surface area contributed by atoms with Gasteiger partial charge in [-0.25, -0.2) is 0 Å². The lowest BCUT2D eigenvalue weighted by Gasteiger charge is -2.38. The molecular formula is C17H26N2O2. The van der Waals surface area contributed by atoms with Crippen LogP contribution in [-0.4, -0.2) is 11.5 Å². The van der Waals surface area contributed by atoms with Gasteiger partial charge in [0, 0.05) is 24.9 Å². The fourth-order valence-electron chi connectivity index (χ4n) is 2.84. The van der Waals surface area contributed by atoms with Gasteiger partial charge in [0.2, 0.25) is 5.91 Å². The minimum Gasteiger partial charge on any atom is -0.487 e. The molecule has 0 aliphatic carbocycles. The molecule has 4 nitrogen and oxygen atoms in total. The predicted octanol–water partition coefficient (Wildman–Crippen LogP) is 3.08. The molecule has 1 aromatic rings. The number of nitrogens with two attached hydrogens (primary N) is 1. The van der Waals surface area contributed by atoms with E-state index < -0.39 is 0 Å². The largest absolute Gasteiger partial charge is 0.487 e. The van der Waals surface area contributed by atoms with Crippen LogP contribution in [0.3, 0.4) is 0 Å². The standard InChI is InChI=1S/C17H26N2O2/c1-10(2)16(18)12-6-7-15-13(8-12)14(19-11(3)20)9-17(4,5)21-15/h6-8,10,14,16H,9,18H2,1-5H3,(H,19,20). The van der Waals surface area contributed by atoms with Gasteiger partial charge in [-0.15, -0.1) is 0 Å². The van der Waals surface area contributed by atoms with Gasteiger partial charge in [0.05, 0.1) is 6.04 Å². The van der Waals surface area contributed by atoms with Crippen molar-refractivity contribution >= 4 is 5.91 Å². The second kappa shape index (κ2) is 5.68. The Morgan fingerprint density at radius 3 is 2.67 bits per heavy atom. The summed E-state index contributed by atoms with van der Waals surface area (Å²) in [4.78, 5) is 11.5. The molecule has 1 amide bonds. The van der Waals surface area contributed by atoms with Crippen LogP contribution < -0.4 is 15.8 Å². The summed E-state index contributed by atoms with van der Waals surface area (Å²) in [5, 5.41) is 3.03. The normalized spacial score (nSPS) is 21.4. The lowest BCUT2D eigenvalue weighted by Crippen LogP contribution is -2.40. The first-order chi connectivity index (χ1) is 9.69. The molecule has 4 heteroatoms. The Hall–Kier alpha value is -1.55. The van der Waals surface area contributed by atoms with Crippen molar-refractivity contribution in [1.29, 1.82) is 0 Å². The third kappa shape index (κ3) is 3.56. The fourth-order valence-corrected chi connectivity index (χ4v) is 2.84. The Morgan fingerprint density at radius 2 is 2.10 bits per heavy atom. The highest BCUT2D eigenvalue weighted by Gasteiger charge is 2.34. The second-order valence-corrected chi connectivity index (χ2v) is 6.89.